The summed E-state index contributed by atoms with van der Waals surface area (Å²) < 4.78 is 0. The zero-order valence-electron chi connectivity index (χ0n) is 15.6. The molecule has 1 fully saturated rings. The highest BCUT2D eigenvalue weighted by molar-refractivity contribution is 5.84. The molecular formula is C20H28N4O2. The minimum absolute atomic E-state index is 0.111. The molecular weight excluding hydrogens is 328 g/mol. The largest absolute Gasteiger partial charge is 0.368 e. The molecule has 2 heterocycles. The fourth-order valence-electron chi connectivity index (χ4n) is 3.82. The van der Waals surface area contributed by atoms with E-state index in [-0.39, 0.29) is 23.9 Å². The van der Waals surface area contributed by atoms with E-state index in [1.165, 1.54) is 10.9 Å². The summed E-state index contributed by atoms with van der Waals surface area (Å²) in [5.41, 5.74) is 7.92. The summed E-state index contributed by atoms with van der Waals surface area (Å²) >= 11 is 0. The third kappa shape index (κ3) is 3.90. The van der Waals surface area contributed by atoms with Crippen LogP contribution in [-0.4, -0.2) is 58.3 Å². The SMILES string of the molecule is CC(C)N1CCN(C(=O)CCCc2c[nH]c3ccccc23)C[C@H]1C(N)=O. The van der Waals surface area contributed by atoms with Crippen LogP contribution in [0, 0.1) is 0 Å². The fourth-order valence-corrected chi connectivity index (χ4v) is 3.82. The first-order valence-electron chi connectivity index (χ1n) is 9.35. The Morgan fingerprint density at radius 1 is 1.27 bits per heavy atom. The van der Waals surface area contributed by atoms with Crippen molar-refractivity contribution in [1.29, 1.82) is 0 Å². The Morgan fingerprint density at radius 2 is 2.04 bits per heavy atom. The molecule has 26 heavy (non-hydrogen) atoms. The van der Waals surface area contributed by atoms with Crippen LogP contribution >= 0.6 is 0 Å². The van der Waals surface area contributed by atoms with Gasteiger partial charge in [0.25, 0.3) is 0 Å². The number of aromatic nitrogens is 1. The summed E-state index contributed by atoms with van der Waals surface area (Å²) in [6, 6.07) is 8.06. The molecule has 1 aliphatic heterocycles. The maximum Gasteiger partial charge on any atom is 0.236 e. The molecule has 3 N–H and O–H groups in total. The number of carbonyl (C=O) groups excluding carboxylic acids is 2. The molecule has 0 radical (unpaired) electrons. The first-order chi connectivity index (χ1) is 12.5. The molecule has 0 aliphatic carbocycles. The van der Waals surface area contributed by atoms with Crippen LogP contribution in [-0.2, 0) is 16.0 Å². The van der Waals surface area contributed by atoms with E-state index in [2.05, 4.69) is 35.9 Å². The number of nitrogens with zero attached hydrogens (tertiary/aromatic N) is 2. The first kappa shape index (κ1) is 18.5. The third-order valence-electron chi connectivity index (χ3n) is 5.28. The number of primary amides is 1. The van der Waals surface area contributed by atoms with Gasteiger partial charge >= 0.3 is 0 Å². The smallest absolute Gasteiger partial charge is 0.236 e. The number of H-pyrrole nitrogens is 1. The third-order valence-corrected chi connectivity index (χ3v) is 5.28. The van der Waals surface area contributed by atoms with Crippen LogP contribution in [0.5, 0.6) is 0 Å². The number of aromatic amines is 1. The number of aryl methyl sites for hydroxylation is 1. The van der Waals surface area contributed by atoms with Crippen LogP contribution < -0.4 is 5.73 Å². The van der Waals surface area contributed by atoms with Gasteiger partial charge in [-0.15, -0.1) is 0 Å². The topological polar surface area (TPSA) is 82.4 Å². The second kappa shape index (κ2) is 7.91. The first-order valence-corrected chi connectivity index (χ1v) is 9.35. The van der Waals surface area contributed by atoms with Crippen molar-refractivity contribution in [3.05, 3.63) is 36.0 Å². The van der Waals surface area contributed by atoms with E-state index in [1.54, 1.807) is 4.90 Å². The number of amides is 2. The molecule has 6 nitrogen and oxygen atoms in total. The summed E-state index contributed by atoms with van der Waals surface area (Å²) in [6.07, 6.45) is 4.18. The molecule has 0 spiro atoms. The van der Waals surface area contributed by atoms with Gasteiger partial charge in [0.2, 0.25) is 11.8 Å². The molecule has 1 saturated heterocycles. The molecule has 1 atom stereocenters. The fraction of sp³-hybridized carbons (Fsp3) is 0.500. The molecule has 6 heteroatoms. The highest BCUT2D eigenvalue weighted by Gasteiger charge is 2.33. The van der Waals surface area contributed by atoms with Crippen molar-refractivity contribution >= 4 is 22.7 Å². The van der Waals surface area contributed by atoms with Gasteiger partial charge in [-0.25, -0.2) is 0 Å². The van der Waals surface area contributed by atoms with Gasteiger partial charge in [-0.2, -0.15) is 0 Å². The van der Waals surface area contributed by atoms with Crippen LogP contribution in [0.2, 0.25) is 0 Å². The second-order valence-corrected chi connectivity index (χ2v) is 7.30. The maximum atomic E-state index is 12.6. The molecule has 1 aromatic carbocycles. The van der Waals surface area contributed by atoms with Crippen molar-refractivity contribution in [1.82, 2.24) is 14.8 Å². The van der Waals surface area contributed by atoms with Crippen molar-refractivity contribution in [3.63, 3.8) is 0 Å². The molecule has 1 aliphatic rings. The predicted octanol–water partition coefficient (Wildman–Crippen LogP) is 1.90. The molecule has 2 aromatic rings. The molecule has 3 rings (SSSR count). The van der Waals surface area contributed by atoms with Crippen molar-refractivity contribution < 1.29 is 9.59 Å². The van der Waals surface area contributed by atoms with Gasteiger partial charge < -0.3 is 15.6 Å². The maximum absolute atomic E-state index is 12.6. The van der Waals surface area contributed by atoms with Crippen molar-refractivity contribution in [2.75, 3.05) is 19.6 Å². The Morgan fingerprint density at radius 3 is 2.77 bits per heavy atom. The molecule has 1 aromatic heterocycles. The minimum atomic E-state index is -0.388. The Balaban J connectivity index is 1.54. The number of para-hydroxylation sites is 1. The number of hydrogen-bond acceptors (Lipinski definition) is 3. The van der Waals surface area contributed by atoms with Crippen LogP contribution in [0.4, 0.5) is 0 Å². The van der Waals surface area contributed by atoms with E-state index in [9.17, 15) is 9.59 Å². The molecule has 0 unspecified atom stereocenters. The molecule has 0 saturated carbocycles. The lowest BCUT2D eigenvalue weighted by molar-refractivity contribution is -0.138. The number of benzene rings is 1. The van der Waals surface area contributed by atoms with E-state index in [0.29, 0.717) is 26.1 Å². The average Bonchev–Trinajstić information content (AvgIpc) is 3.04. The lowest BCUT2D eigenvalue weighted by Crippen LogP contribution is -2.61. The lowest BCUT2D eigenvalue weighted by atomic mass is 10.1. The highest BCUT2D eigenvalue weighted by atomic mass is 16.2. The summed E-state index contributed by atoms with van der Waals surface area (Å²) in [5, 5.41) is 1.22. The lowest BCUT2D eigenvalue weighted by Gasteiger charge is -2.42. The second-order valence-electron chi connectivity index (χ2n) is 7.30. The summed E-state index contributed by atoms with van der Waals surface area (Å²) in [4.78, 5) is 31.5. The van der Waals surface area contributed by atoms with Crippen LogP contribution in [0.25, 0.3) is 10.9 Å². The quantitative estimate of drug-likeness (QED) is 0.829. The zero-order valence-corrected chi connectivity index (χ0v) is 15.6. The number of hydrogen-bond donors (Lipinski definition) is 2. The summed E-state index contributed by atoms with van der Waals surface area (Å²) in [7, 11) is 0. The Kier molecular flexibility index (Phi) is 5.61. The van der Waals surface area contributed by atoms with E-state index < -0.39 is 0 Å². The van der Waals surface area contributed by atoms with Crippen LogP contribution in [0.3, 0.4) is 0 Å². The summed E-state index contributed by atoms with van der Waals surface area (Å²) in [6.45, 7) is 5.86. The van der Waals surface area contributed by atoms with Gasteiger partial charge in [0.1, 0.15) is 6.04 Å². The Hall–Kier alpha value is -2.34. The van der Waals surface area contributed by atoms with E-state index in [1.807, 2.05) is 18.3 Å². The normalized spacial score (nSPS) is 18.6. The van der Waals surface area contributed by atoms with Crippen molar-refractivity contribution in [3.8, 4) is 0 Å². The van der Waals surface area contributed by atoms with Gasteiger partial charge in [-0.1, -0.05) is 18.2 Å². The Labute approximate surface area is 154 Å². The van der Waals surface area contributed by atoms with Crippen molar-refractivity contribution in [2.45, 2.75) is 45.2 Å². The monoisotopic (exact) mass is 356 g/mol. The number of nitrogens with two attached hydrogens (primary N) is 1. The number of nitrogens with one attached hydrogen (secondary N) is 1. The predicted molar refractivity (Wildman–Crippen MR) is 103 cm³/mol. The van der Waals surface area contributed by atoms with Gasteiger partial charge in [0, 0.05) is 49.2 Å². The number of carbonyl (C=O) groups is 2. The molecule has 2 amide bonds. The molecule has 0 bridgehead atoms. The van der Waals surface area contributed by atoms with Gasteiger partial charge in [0.15, 0.2) is 0 Å². The van der Waals surface area contributed by atoms with Crippen molar-refractivity contribution in [2.24, 2.45) is 5.73 Å². The van der Waals surface area contributed by atoms with Crippen LogP contribution in [0.15, 0.2) is 30.5 Å². The number of fused-ring (bicyclic) bond motifs is 1. The average molecular weight is 356 g/mol. The summed E-state index contributed by atoms with van der Waals surface area (Å²) in [5.74, 6) is -0.241. The Bertz CT molecular complexity index is 783. The zero-order chi connectivity index (χ0) is 18.7. The van der Waals surface area contributed by atoms with E-state index >= 15 is 0 Å². The molecule has 140 valence electrons. The van der Waals surface area contributed by atoms with Gasteiger partial charge in [0.05, 0.1) is 0 Å². The van der Waals surface area contributed by atoms with E-state index in [0.717, 1.165) is 18.4 Å². The number of piperazine rings is 1. The van der Waals surface area contributed by atoms with Crippen LogP contribution in [0.1, 0.15) is 32.3 Å². The standard InChI is InChI=1S/C20H28N4O2/c1-14(2)24-11-10-23(13-18(24)20(21)26)19(25)9-5-6-15-12-22-17-8-4-3-7-16(15)17/h3-4,7-8,12,14,18,22H,5-6,9-11,13H2,1-2H3,(H2,21,26)/t18-/m0/s1. The van der Waals surface area contributed by atoms with Gasteiger partial charge in [-0.05, 0) is 38.3 Å². The van der Waals surface area contributed by atoms with Gasteiger partial charge in [-0.3, -0.25) is 14.5 Å². The minimum Gasteiger partial charge on any atom is -0.368 e. The van der Waals surface area contributed by atoms with E-state index in [4.69, 9.17) is 5.73 Å². The highest BCUT2D eigenvalue weighted by Crippen LogP contribution is 2.20. The number of rotatable bonds is 6.